The van der Waals surface area contributed by atoms with E-state index in [2.05, 4.69) is 33.7 Å². The molecule has 4 aromatic rings. The van der Waals surface area contributed by atoms with Crippen LogP contribution < -0.4 is 10.6 Å². The minimum Gasteiger partial charge on any atom is -0.353 e. The van der Waals surface area contributed by atoms with Crippen molar-refractivity contribution in [2.45, 2.75) is 71.3 Å². The molecule has 7 nitrogen and oxygen atoms in total. The molecule has 1 aliphatic heterocycles. The lowest BCUT2D eigenvalue weighted by atomic mass is 9.95. The Morgan fingerprint density at radius 2 is 1.82 bits per heavy atom. The third-order valence-corrected chi connectivity index (χ3v) is 8.22. The van der Waals surface area contributed by atoms with Crippen LogP contribution in [-0.2, 0) is 0 Å². The van der Waals surface area contributed by atoms with E-state index in [0.717, 1.165) is 43.6 Å². The van der Waals surface area contributed by atoms with Crippen molar-refractivity contribution in [1.82, 2.24) is 24.5 Å². The fraction of sp³-hybridized carbons (Fsp3) is 0.433. The van der Waals surface area contributed by atoms with E-state index in [9.17, 15) is 9.18 Å². The summed E-state index contributed by atoms with van der Waals surface area (Å²) < 4.78 is 16.5. The molecule has 0 unspecified atom stereocenters. The third-order valence-electron chi connectivity index (χ3n) is 7.93. The first-order valence-electron chi connectivity index (χ1n) is 13.7. The topological polar surface area (TPSA) is 76.8 Å². The second-order valence-electron chi connectivity index (χ2n) is 11.3. The van der Waals surface area contributed by atoms with Gasteiger partial charge in [-0.25, -0.2) is 28.7 Å². The summed E-state index contributed by atoms with van der Waals surface area (Å²) in [7, 11) is 0. The molecule has 202 valence electrons. The molecule has 2 aliphatic rings. The van der Waals surface area contributed by atoms with Gasteiger partial charge in [0.05, 0.1) is 33.2 Å². The van der Waals surface area contributed by atoms with Crippen molar-refractivity contribution in [3.05, 3.63) is 69.4 Å². The number of aromatic nitrogens is 5. The van der Waals surface area contributed by atoms with E-state index in [1.165, 1.54) is 6.07 Å². The van der Waals surface area contributed by atoms with Crippen molar-refractivity contribution >= 4 is 28.5 Å². The van der Waals surface area contributed by atoms with Crippen LogP contribution in [0.1, 0.15) is 76.6 Å². The number of piperidine rings is 1. The molecule has 6 rings (SSSR count). The van der Waals surface area contributed by atoms with Gasteiger partial charge in [-0.3, -0.25) is 0 Å². The fourth-order valence-electron chi connectivity index (χ4n) is 5.67. The Labute approximate surface area is 232 Å². The summed E-state index contributed by atoms with van der Waals surface area (Å²) in [5.41, 5.74) is 2.72. The predicted octanol–water partition coefficient (Wildman–Crippen LogP) is 6.66. The van der Waals surface area contributed by atoms with Crippen LogP contribution in [0.15, 0.2) is 41.5 Å². The Bertz CT molecular complexity index is 1610. The van der Waals surface area contributed by atoms with Crippen LogP contribution in [0.2, 0.25) is 5.02 Å². The van der Waals surface area contributed by atoms with Crippen molar-refractivity contribution < 1.29 is 4.39 Å². The second-order valence-corrected chi connectivity index (χ2v) is 11.7. The molecule has 0 bridgehead atoms. The van der Waals surface area contributed by atoms with Crippen molar-refractivity contribution in [1.29, 1.82) is 0 Å². The Morgan fingerprint density at radius 3 is 2.54 bits per heavy atom. The summed E-state index contributed by atoms with van der Waals surface area (Å²) in [5.74, 6) is 0.873. The first-order valence-corrected chi connectivity index (χ1v) is 14.1. The molecule has 1 saturated carbocycles. The van der Waals surface area contributed by atoms with Crippen molar-refractivity contribution in [3.63, 3.8) is 0 Å². The molecule has 39 heavy (non-hydrogen) atoms. The van der Waals surface area contributed by atoms with Crippen LogP contribution in [0.4, 0.5) is 10.2 Å². The van der Waals surface area contributed by atoms with Crippen LogP contribution in [0.3, 0.4) is 0 Å². The van der Waals surface area contributed by atoms with E-state index in [-0.39, 0.29) is 29.1 Å². The molecular formula is C30H32ClFN6O. The quantitative estimate of drug-likeness (QED) is 0.279. The van der Waals surface area contributed by atoms with E-state index in [1.807, 2.05) is 13.8 Å². The maximum Gasteiger partial charge on any atom is 0.355 e. The average molecular weight is 547 g/mol. The van der Waals surface area contributed by atoms with Gasteiger partial charge in [-0.05, 0) is 62.6 Å². The zero-order valence-electron chi connectivity index (χ0n) is 22.7. The lowest BCUT2D eigenvalue weighted by molar-refractivity contribution is 0.388. The molecule has 0 amide bonds. The van der Waals surface area contributed by atoms with Gasteiger partial charge in [0.15, 0.2) is 5.65 Å². The Hall–Kier alpha value is -3.39. The Kier molecular flexibility index (Phi) is 6.61. The summed E-state index contributed by atoms with van der Waals surface area (Å²) in [6, 6.07) is 8.39. The molecule has 2 atom stereocenters. The highest BCUT2D eigenvalue weighted by Gasteiger charge is 2.33. The SMILES string of the molecule is CC(C)c1ncnc(C2CC2)c1-n1c(=O)nc(N2C[C@@H](C)CC[C@@H]2C)c2cc(Cl)c(-c3ccccc3F)nc21. The van der Waals surface area contributed by atoms with Crippen molar-refractivity contribution in [3.8, 4) is 16.9 Å². The van der Waals surface area contributed by atoms with Crippen LogP contribution in [0, 0.1) is 11.7 Å². The van der Waals surface area contributed by atoms with Crippen LogP contribution in [0.25, 0.3) is 28.0 Å². The van der Waals surface area contributed by atoms with Gasteiger partial charge in [0.2, 0.25) is 0 Å². The number of nitrogens with zero attached hydrogens (tertiary/aromatic N) is 6. The molecule has 3 aromatic heterocycles. The highest BCUT2D eigenvalue weighted by molar-refractivity contribution is 6.33. The van der Waals surface area contributed by atoms with Gasteiger partial charge in [-0.1, -0.05) is 44.5 Å². The normalized spacial score (nSPS) is 19.7. The standard InChI is InChI=1S/C30H32ClFN6O/c1-16(2)24-27(25(19-11-12-19)34-15-33-24)38-29-21(13-22(31)26(35-29)20-7-5-6-8-23(20)32)28(36-30(38)39)37-14-17(3)9-10-18(37)4/h5-8,13,15-19H,9-12,14H2,1-4H3/t17-,18-/m0/s1. The van der Waals surface area contributed by atoms with E-state index in [1.54, 1.807) is 35.2 Å². The Morgan fingerprint density at radius 1 is 1.05 bits per heavy atom. The van der Waals surface area contributed by atoms with Crippen molar-refractivity contribution in [2.75, 3.05) is 11.4 Å². The predicted molar refractivity (Wildman–Crippen MR) is 152 cm³/mol. The Balaban J connectivity index is 1.72. The van der Waals surface area contributed by atoms with Gasteiger partial charge in [-0.15, -0.1) is 0 Å². The molecular weight excluding hydrogens is 515 g/mol. The number of anilines is 1. The maximum atomic E-state index is 15.0. The highest BCUT2D eigenvalue weighted by atomic mass is 35.5. The molecule has 0 N–H and O–H groups in total. The van der Waals surface area contributed by atoms with E-state index in [0.29, 0.717) is 33.5 Å². The molecule has 0 spiro atoms. The lowest BCUT2D eigenvalue weighted by Crippen LogP contribution is -2.43. The molecule has 1 aromatic carbocycles. The zero-order valence-corrected chi connectivity index (χ0v) is 23.4. The van der Waals surface area contributed by atoms with Gasteiger partial charge in [0, 0.05) is 24.1 Å². The second kappa shape index (κ2) is 9.97. The zero-order chi connectivity index (χ0) is 27.4. The monoisotopic (exact) mass is 546 g/mol. The highest BCUT2D eigenvalue weighted by Crippen LogP contribution is 2.44. The van der Waals surface area contributed by atoms with Gasteiger partial charge in [0.1, 0.15) is 18.0 Å². The van der Waals surface area contributed by atoms with Gasteiger partial charge >= 0.3 is 5.69 Å². The van der Waals surface area contributed by atoms with Crippen LogP contribution >= 0.6 is 11.6 Å². The summed E-state index contributed by atoms with van der Waals surface area (Å²) in [5, 5.41) is 0.954. The molecule has 0 radical (unpaired) electrons. The first-order chi connectivity index (χ1) is 18.7. The summed E-state index contributed by atoms with van der Waals surface area (Å²) in [4.78, 5) is 35.1. The number of rotatable bonds is 5. The number of benzene rings is 1. The number of hydrogen-bond donors (Lipinski definition) is 0. The molecule has 9 heteroatoms. The fourth-order valence-corrected chi connectivity index (χ4v) is 5.92. The molecule has 1 saturated heterocycles. The summed E-state index contributed by atoms with van der Waals surface area (Å²) in [6.45, 7) is 9.23. The lowest BCUT2D eigenvalue weighted by Gasteiger charge is -2.38. The maximum absolute atomic E-state index is 15.0. The third kappa shape index (κ3) is 4.58. The minimum atomic E-state index is -0.448. The van der Waals surface area contributed by atoms with Gasteiger partial charge in [0.25, 0.3) is 0 Å². The molecule has 4 heterocycles. The average Bonchev–Trinajstić information content (AvgIpc) is 3.75. The van der Waals surface area contributed by atoms with Gasteiger partial charge in [-0.2, -0.15) is 4.98 Å². The first kappa shape index (κ1) is 25.9. The van der Waals surface area contributed by atoms with Crippen molar-refractivity contribution in [2.24, 2.45) is 5.92 Å². The largest absolute Gasteiger partial charge is 0.355 e. The number of hydrogen-bond acceptors (Lipinski definition) is 6. The van der Waals surface area contributed by atoms with E-state index >= 15 is 0 Å². The van der Waals surface area contributed by atoms with Crippen LogP contribution in [0.5, 0.6) is 0 Å². The molecule has 1 aliphatic carbocycles. The van der Waals surface area contributed by atoms with E-state index in [4.69, 9.17) is 16.6 Å². The molecule has 2 fully saturated rings. The number of pyridine rings is 1. The minimum absolute atomic E-state index is 0.0310. The number of halogens is 2. The van der Waals surface area contributed by atoms with Crippen LogP contribution in [-0.4, -0.2) is 37.1 Å². The smallest absolute Gasteiger partial charge is 0.353 e. The summed E-state index contributed by atoms with van der Waals surface area (Å²) in [6.07, 6.45) is 5.70. The number of fused-ring (bicyclic) bond motifs is 1. The van der Waals surface area contributed by atoms with Gasteiger partial charge < -0.3 is 4.90 Å². The summed E-state index contributed by atoms with van der Waals surface area (Å²) >= 11 is 6.81. The van der Waals surface area contributed by atoms with E-state index < -0.39 is 11.5 Å².